The molecule has 32 heavy (non-hydrogen) atoms. The van der Waals surface area contributed by atoms with Gasteiger partial charge in [0.1, 0.15) is 17.2 Å². The molecule has 10 heteroatoms. The molecule has 9 nitrogen and oxygen atoms in total. The van der Waals surface area contributed by atoms with Gasteiger partial charge in [0.2, 0.25) is 0 Å². The maximum atomic E-state index is 13.7. The first-order chi connectivity index (χ1) is 15.5. The highest BCUT2D eigenvalue weighted by atomic mass is 19.1. The molecule has 1 aromatic carbocycles. The van der Waals surface area contributed by atoms with Crippen molar-refractivity contribution in [1.82, 2.24) is 29.8 Å². The van der Waals surface area contributed by atoms with Crippen molar-refractivity contribution < 1.29 is 9.18 Å². The van der Waals surface area contributed by atoms with Crippen LogP contribution < -0.4 is 15.8 Å². The van der Waals surface area contributed by atoms with E-state index in [2.05, 4.69) is 30.2 Å². The fraction of sp³-hybridized carbons (Fsp3) is 0.273. The Morgan fingerprint density at radius 1 is 1.16 bits per heavy atom. The van der Waals surface area contributed by atoms with Crippen LogP contribution in [0.4, 0.5) is 10.1 Å². The average molecular weight is 435 g/mol. The van der Waals surface area contributed by atoms with Gasteiger partial charge in [-0.3, -0.25) is 14.5 Å². The van der Waals surface area contributed by atoms with Crippen LogP contribution >= 0.6 is 0 Å². The monoisotopic (exact) mass is 435 g/mol. The highest BCUT2D eigenvalue weighted by molar-refractivity contribution is 5.92. The molecule has 1 fully saturated rings. The van der Waals surface area contributed by atoms with E-state index in [1.807, 2.05) is 12.1 Å². The lowest BCUT2D eigenvalue weighted by Crippen LogP contribution is -2.46. The van der Waals surface area contributed by atoms with Crippen LogP contribution in [0.1, 0.15) is 16.2 Å². The van der Waals surface area contributed by atoms with Gasteiger partial charge in [0.05, 0.1) is 28.5 Å². The Morgan fingerprint density at radius 3 is 2.69 bits per heavy atom. The molecule has 0 aliphatic carbocycles. The molecular formula is C22H22FN7O2. The van der Waals surface area contributed by atoms with E-state index in [9.17, 15) is 14.0 Å². The van der Waals surface area contributed by atoms with E-state index in [1.165, 1.54) is 18.2 Å². The molecule has 0 saturated carbocycles. The first-order valence-corrected chi connectivity index (χ1v) is 10.4. The van der Waals surface area contributed by atoms with Gasteiger partial charge in [0.25, 0.3) is 11.5 Å². The Morgan fingerprint density at radius 2 is 1.97 bits per heavy atom. The van der Waals surface area contributed by atoms with Crippen LogP contribution in [0.2, 0.25) is 0 Å². The maximum absolute atomic E-state index is 13.7. The van der Waals surface area contributed by atoms with Crippen molar-refractivity contribution in [2.75, 3.05) is 38.1 Å². The van der Waals surface area contributed by atoms with E-state index in [4.69, 9.17) is 0 Å². The third-order valence-electron chi connectivity index (χ3n) is 5.76. The van der Waals surface area contributed by atoms with E-state index < -0.39 is 5.82 Å². The Kier molecular flexibility index (Phi) is 5.06. The molecule has 0 radical (unpaired) electrons. The second kappa shape index (κ2) is 8.04. The summed E-state index contributed by atoms with van der Waals surface area (Å²) in [4.78, 5) is 35.5. The van der Waals surface area contributed by atoms with E-state index in [1.54, 1.807) is 23.8 Å². The Hall–Kier alpha value is -3.79. The van der Waals surface area contributed by atoms with Crippen molar-refractivity contribution >= 4 is 28.1 Å². The quantitative estimate of drug-likeness (QED) is 0.503. The molecule has 1 aliphatic heterocycles. The molecule has 0 atom stereocenters. The van der Waals surface area contributed by atoms with Crippen LogP contribution in [-0.2, 0) is 6.54 Å². The number of nitrogens with zero attached hydrogens (tertiary/aromatic N) is 5. The van der Waals surface area contributed by atoms with E-state index in [0.717, 1.165) is 37.6 Å². The normalized spacial score (nSPS) is 14.9. The number of H-pyrrole nitrogens is 1. The molecule has 4 aromatic rings. The smallest absolute Gasteiger partial charge is 0.269 e. The minimum atomic E-state index is -0.407. The number of hydrogen-bond acceptors (Lipinski definition) is 6. The minimum absolute atomic E-state index is 0.203. The number of fused-ring (bicyclic) bond motifs is 3. The highest BCUT2D eigenvalue weighted by Gasteiger charge is 2.19. The summed E-state index contributed by atoms with van der Waals surface area (Å²) in [6, 6.07) is 9.55. The fourth-order valence-electron chi connectivity index (χ4n) is 4.06. The molecule has 164 valence electrons. The summed E-state index contributed by atoms with van der Waals surface area (Å²) in [5.41, 5.74) is 2.92. The highest BCUT2D eigenvalue weighted by Crippen LogP contribution is 2.18. The minimum Gasteiger partial charge on any atom is -0.368 e. The van der Waals surface area contributed by atoms with Crippen LogP contribution in [0.5, 0.6) is 0 Å². The van der Waals surface area contributed by atoms with Gasteiger partial charge in [-0.25, -0.2) is 13.9 Å². The Balaban J connectivity index is 1.29. The number of carbonyl (C=O) groups is 1. The van der Waals surface area contributed by atoms with Crippen molar-refractivity contribution in [3.8, 4) is 0 Å². The van der Waals surface area contributed by atoms with Crippen LogP contribution in [0, 0.1) is 5.82 Å². The number of hydrogen-bond donors (Lipinski definition) is 2. The number of pyridine rings is 1. The van der Waals surface area contributed by atoms with Crippen molar-refractivity contribution in [1.29, 1.82) is 0 Å². The van der Waals surface area contributed by atoms with Crippen LogP contribution in [0.15, 0.2) is 47.4 Å². The largest absolute Gasteiger partial charge is 0.368 e. The molecule has 0 spiro atoms. The average Bonchev–Trinajstić information content (AvgIpc) is 3.21. The molecular weight excluding hydrogens is 413 g/mol. The number of carbonyl (C=O) groups excluding carboxylic acids is 1. The van der Waals surface area contributed by atoms with Crippen LogP contribution in [0.25, 0.3) is 16.6 Å². The molecule has 1 aliphatic rings. The van der Waals surface area contributed by atoms with Crippen molar-refractivity contribution in [3.63, 3.8) is 0 Å². The molecule has 1 amide bonds. The van der Waals surface area contributed by atoms with Gasteiger partial charge in [-0.2, -0.15) is 5.10 Å². The summed E-state index contributed by atoms with van der Waals surface area (Å²) in [6.45, 7) is 3.93. The van der Waals surface area contributed by atoms with Gasteiger partial charge in [0.15, 0.2) is 0 Å². The van der Waals surface area contributed by atoms with Gasteiger partial charge >= 0.3 is 0 Å². The number of rotatable bonds is 4. The number of piperazine rings is 1. The zero-order valence-electron chi connectivity index (χ0n) is 17.5. The zero-order valence-corrected chi connectivity index (χ0v) is 17.5. The molecule has 0 unspecified atom stereocenters. The number of nitrogens with one attached hydrogen (secondary N) is 2. The van der Waals surface area contributed by atoms with Crippen LogP contribution in [0.3, 0.4) is 0 Å². The number of benzene rings is 1. The Bertz CT molecular complexity index is 1350. The number of anilines is 1. The Labute approximate surface area is 182 Å². The topological polar surface area (TPSA) is 98.6 Å². The summed E-state index contributed by atoms with van der Waals surface area (Å²) >= 11 is 0. The molecule has 2 N–H and O–H groups in total. The fourth-order valence-corrected chi connectivity index (χ4v) is 4.06. The number of aromatic amines is 1. The second-order valence-corrected chi connectivity index (χ2v) is 7.79. The van der Waals surface area contributed by atoms with E-state index in [0.29, 0.717) is 28.8 Å². The van der Waals surface area contributed by atoms with Gasteiger partial charge < -0.3 is 15.2 Å². The van der Waals surface area contributed by atoms with Crippen LogP contribution in [-0.4, -0.2) is 63.6 Å². The first-order valence-electron chi connectivity index (χ1n) is 10.4. The molecule has 3 aromatic heterocycles. The third kappa shape index (κ3) is 3.69. The van der Waals surface area contributed by atoms with Crippen molar-refractivity contribution in [2.24, 2.45) is 0 Å². The summed E-state index contributed by atoms with van der Waals surface area (Å²) in [7, 11) is 1.58. The summed E-state index contributed by atoms with van der Waals surface area (Å²) in [5.74, 6) is -0.610. The molecule has 4 heterocycles. The van der Waals surface area contributed by atoms with Gasteiger partial charge in [-0.1, -0.05) is 0 Å². The van der Waals surface area contributed by atoms with E-state index >= 15 is 0 Å². The summed E-state index contributed by atoms with van der Waals surface area (Å²) < 4.78 is 15.3. The van der Waals surface area contributed by atoms with Crippen molar-refractivity contribution in [3.05, 3.63) is 70.2 Å². The predicted molar refractivity (Wildman–Crippen MR) is 118 cm³/mol. The number of halogens is 1. The lowest BCUT2D eigenvalue weighted by molar-refractivity contribution is 0.0958. The lowest BCUT2D eigenvalue weighted by Gasteiger charge is -2.35. The third-order valence-corrected chi connectivity index (χ3v) is 5.76. The van der Waals surface area contributed by atoms with E-state index in [-0.39, 0.29) is 11.5 Å². The predicted octanol–water partition coefficient (Wildman–Crippen LogP) is 1.39. The maximum Gasteiger partial charge on any atom is 0.269 e. The summed E-state index contributed by atoms with van der Waals surface area (Å²) in [5, 5.41) is 7.57. The summed E-state index contributed by atoms with van der Waals surface area (Å²) in [6.07, 6.45) is 1.73. The number of amides is 1. The van der Waals surface area contributed by atoms with Crippen molar-refractivity contribution in [2.45, 2.75) is 6.54 Å². The van der Waals surface area contributed by atoms with Gasteiger partial charge in [-0.15, -0.1) is 0 Å². The second-order valence-electron chi connectivity index (χ2n) is 7.79. The first kappa shape index (κ1) is 20.1. The number of aromatic nitrogens is 4. The molecule has 5 rings (SSSR count). The zero-order chi connectivity index (χ0) is 22.2. The SMILES string of the molecule is CNC(=O)c1ccc(N2CCN(Cc3cc4[nH]c(=O)c5ccc(F)cc5n4n3)CC2)cn1. The molecule has 0 bridgehead atoms. The standard InChI is InChI=1S/C22H22FN7O2/c1-24-22(32)18-5-3-16(12-25-18)29-8-6-28(7-9-29)13-15-11-20-26-21(31)17-4-2-14(23)10-19(17)30(20)27-15/h2-5,10-12H,6-9,13H2,1H3,(H,24,32)(H,26,31). The molecule has 1 saturated heterocycles. The van der Waals surface area contributed by atoms with Gasteiger partial charge in [-0.05, 0) is 24.3 Å². The lowest BCUT2D eigenvalue weighted by atomic mass is 10.2. The van der Waals surface area contributed by atoms with Gasteiger partial charge in [0, 0.05) is 51.9 Å².